The zero-order chi connectivity index (χ0) is 17.0. The molecule has 5 nitrogen and oxygen atoms in total. The van der Waals surface area contributed by atoms with Crippen LogP contribution >= 0.6 is 23.2 Å². The highest BCUT2D eigenvalue weighted by atomic mass is 35.5. The van der Waals surface area contributed by atoms with Crippen LogP contribution in [0.3, 0.4) is 0 Å². The Morgan fingerprint density at radius 3 is 2.52 bits per heavy atom. The first kappa shape index (κ1) is 16.9. The number of carbonyl (C=O) groups is 1. The molecule has 0 N–H and O–H groups in total. The molecule has 0 aliphatic rings. The van der Waals surface area contributed by atoms with Crippen molar-refractivity contribution in [2.75, 3.05) is 0 Å². The van der Waals surface area contributed by atoms with Crippen LogP contribution in [0.1, 0.15) is 5.56 Å². The van der Waals surface area contributed by atoms with Crippen LogP contribution in [0, 0.1) is 15.9 Å². The van der Waals surface area contributed by atoms with E-state index in [4.69, 9.17) is 27.9 Å². The van der Waals surface area contributed by atoms with E-state index in [0.717, 1.165) is 18.2 Å². The van der Waals surface area contributed by atoms with Crippen molar-refractivity contribution in [2.45, 2.75) is 0 Å². The van der Waals surface area contributed by atoms with Crippen LogP contribution < -0.4 is 4.74 Å². The first-order valence-corrected chi connectivity index (χ1v) is 6.91. The molecular formula is C15H8Cl2FNO4. The third kappa shape index (κ3) is 4.51. The monoisotopic (exact) mass is 355 g/mol. The Bertz CT molecular complexity index is 808. The van der Waals surface area contributed by atoms with Crippen LogP contribution in [-0.2, 0) is 4.79 Å². The highest BCUT2D eigenvalue weighted by Gasteiger charge is 2.12. The van der Waals surface area contributed by atoms with Gasteiger partial charge in [0.15, 0.2) is 0 Å². The Morgan fingerprint density at radius 2 is 1.91 bits per heavy atom. The van der Waals surface area contributed by atoms with Crippen molar-refractivity contribution < 1.29 is 18.8 Å². The first-order chi connectivity index (χ1) is 10.9. The molecule has 0 aliphatic carbocycles. The molecule has 0 heterocycles. The Balaban J connectivity index is 2.08. The van der Waals surface area contributed by atoms with Gasteiger partial charge >= 0.3 is 5.97 Å². The van der Waals surface area contributed by atoms with Crippen molar-refractivity contribution in [3.05, 3.63) is 74.0 Å². The number of non-ortho nitro benzene ring substituents is 1. The van der Waals surface area contributed by atoms with Crippen LogP contribution in [0.15, 0.2) is 42.5 Å². The van der Waals surface area contributed by atoms with E-state index in [1.807, 2.05) is 0 Å². The Labute approximate surface area is 140 Å². The second-order valence-corrected chi connectivity index (χ2v) is 5.11. The minimum Gasteiger partial charge on any atom is -0.422 e. The Morgan fingerprint density at radius 1 is 1.17 bits per heavy atom. The number of esters is 1. The van der Waals surface area contributed by atoms with Gasteiger partial charge in [-0.1, -0.05) is 29.3 Å². The number of ether oxygens (including phenoxy) is 1. The second-order valence-electron chi connectivity index (χ2n) is 4.30. The first-order valence-electron chi connectivity index (χ1n) is 6.15. The van der Waals surface area contributed by atoms with Gasteiger partial charge < -0.3 is 4.74 Å². The molecule has 0 aliphatic heterocycles. The number of halogens is 3. The SMILES string of the molecule is O=C(/C=C/c1ccc(F)c(Cl)c1)Oc1ccc([N+](=O)[O-])cc1Cl. The molecule has 0 bridgehead atoms. The topological polar surface area (TPSA) is 69.4 Å². The number of hydrogen-bond donors (Lipinski definition) is 0. The van der Waals surface area contributed by atoms with Gasteiger partial charge in [0.05, 0.1) is 15.0 Å². The number of rotatable bonds is 4. The summed E-state index contributed by atoms with van der Waals surface area (Å²) in [5.41, 5.74) is 0.287. The zero-order valence-electron chi connectivity index (χ0n) is 11.3. The maximum absolute atomic E-state index is 13.0. The Hall–Kier alpha value is -2.44. The van der Waals surface area contributed by atoms with Crippen LogP contribution in [0.2, 0.25) is 10.0 Å². The number of nitro groups is 1. The lowest BCUT2D eigenvalue weighted by Gasteiger charge is -2.03. The van der Waals surface area contributed by atoms with Crippen molar-refractivity contribution in [3.8, 4) is 5.75 Å². The van der Waals surface area contributed by atoms with E-state index in [0.29, 0.717) is 5.56 Å². The number of benzene rings is 2. The lowest BCUT2D eigenvalue weighted by molar-refractivity contribution is -0.384. The standard InChI is InChI=1S/C15H8Cl2FNO4/c16-11-7-9(1-4-13(11)18)2-6-15(20)23-14-5-3-10(19(21)22)8-12(14)17/h1-8H/b6-2+. The predicted octanol–water partition coefficient (Wildman–Crippen LogP) is 4.66. The summed E-state index contributed by atoms with van der Waals surface area (Å²) < 4.78 is 18.0. The summed E-state index contributed by atoms with van der Waals surface area (Å²) in [4.78, 5) is 21.7. The van der Waals surface area contributed by atoms with Crippen LogP contribution in [0.4, 0.5) is 10.1 Å². The molecular weight excluding hydrogens is 348 g/mol. The van der Waals surface area contributed by atoms with Gasteiger partial charge in [0, 0.05) is 18.2 Å². The minimum atomic E-state index is -0.749. The van der Waals surface area contributed by atoms with E-state index in [1.54, 1.807) is 0 Å². The van der Waals surface area contributed by atoms with Crippen molar-refractivity contribution in [1.82, 2.24) is 0 Å². The molecule has 0 unspecified atom stereocenters. The predicted molar refractivity (Wildman–Crippen MR) is 84.2 cm³/mol. The largest absolute Gasteiger partial charge is 0.422 e. The molecule has 23 heavy (non-hydrogen) atoms. The fourth-order valence-corrected chi connectivity index (χ4v) is 2.01. The van der Waals surface area contributed by atoms with E-state index >= 15 is 0 Å². The molecule has 0 saturated heterocycles. The van der Waals surface area contributed by atoms with Gasteiger partial charge in [-0.25, -0.2) is 9.18 Å². The highest BCUT2D eigenvalue weighted by Crippen LogP contribution is 2.28. The van der Waals surface area contributed by atoms with Crippen LogP contribution in [0.5, 0.6) is 5.75 Å². The second kappa shape index (κ2) is 7.21. The summed E-state index contributed by atoms with van der Waals surface area (Å²) in [5, 5.41) is 10.5. The fraction of sp³-hybridized carbons (Fsp3) is 0. The molecule has 0 aromatic heterocycles. The van der Waals surface area contributed by atoms with Crippen molar-refractivity contribution >= 4 is 40.9 Å². The quantitative estimate of drug-likeness (QED) is 0.263. The molecule has 8 heteroatoms. The van der Waals surface area contributed by atoms with E-state index in [9.17, 15) is 19.3 Å². The van der Waals surface area contributed by atoms with Crippen LogP contribution in [-0.4, -0.2) is 10.9 Å². The average molecular weight is 356 g/mol. The number of hydrogen-bond acceptors (Lipinski definition) is 4. The molecule has 2 aromatic carbocycles. The van der Waals surface area contributed by atoms with E-state index < -0.39 is 16.7 Å². The summed E-state index contributed by atoms with van der Waals surface area (Å²) in [6.07, 6.45) is 2.48. The molecule has 0 amide bonds. The summed E-state index contributed by atoms with van der Waals surface area (Å²) in [6, 6.07) is 7.41. The van der Waals surface area contributed by atoms with E-state index in [2.05, 4.69) is 0 Å². The summed E-state index contributed by atoms with van der Waals surface area (Å²) in [7, 11) is 0. The average Bonchev–Trinajstić information content (AvgIpc) is 2.50. The van der Waals surface area contributed by atoms with Gasteiger partial charge in [0.25, 0.3) is 5.69 Å². The summed E-state index contributed by atoms with van der Waals surface area (Å²) in [5.74, 6) is -1.32. The maximum atomic E-state index is 13.0. The molecule has 0 atom stereocenters. The molecule has 0 saturated carbocycles. The van der Waals surface area contributed by atoms with Crippen molar-refractivity contribution in [1.29, 1.82) is 0 Å². The summed E-state index contributed by atoms with van der Waals surface area (Å²) >= 11 is 11.4. The zero-order valence-corrected chi connectivity index (χ0v) is 12.8. The van der Waals surface area contributed by atoms with Crippen LogP contribution in [0.25, 0.3) is 6.08 Å². The number of carbonyl (C=O) groups excluding carboxylic acids is 1. The normalized spacial score (nSPS) is 10.7. The van der Waals surface area contributed by atoms with E-state index in [-0.39, 0.29) is 21.5 Å². The third-order valence-corrected chi connectivity index (χ3v) is 3.28. The van der Waals surface area contributed by atoms with Gasteiger partial charge in [-0.15, -0.1) is 0 Å². The van der Waals surface area contributed by atoms with Gasteiger partial charge in [-0.3, -0.25) is 10.1 Å². The number of nitro benzene ring substituents is 1. The van der Waals surface area contributed by atoms with Gasteiger partial charge in [-0.2, -0.15) is 0 Å². The highest BCUT2D eigenvalue weighted by molar-refractivity contribution is 6.32. The number of nitrogens with zero attached hydrogens (tertiary/aromatic N) is 1. The molecule has 0 spiro atoms. The van der Waals surface area contributed by atoms with Crippen molar-refractivity contribution in [3.63, 3.8) is 0 Å². The van der Waals surface area contributed by atoms with Gasteiger partial charge in [-0.05, 0) is 29.8 Å². The molecule has 0 fully saturated rings. The Kier molecular flexibility index (Phi) is 5.31. The molecule has 0 radical (unpaired) electrons. The maximum Gasteiger partial charge on any atom is 0.336 e. The lowest BCUT2D eigenvalue weighted by Crippen LogP contribution is -2.04. The molecule has 2 aromatic rings. The molecule has 2 rings (SSSR count). The lowest BCUT2D eigenvalue weighted by atomic mass is 10.2. The van der Waals surface area contributed by atoms with Gasteiger partial charge in [0.1, 0.15) is 11.6 Å². The van der Waals surface area contributed by atoms with Crippen molar-refractivity contribution in [2.24, 2.45) is 0 Å². The molecule has 118 valence electrons. The summed E-state index contributed by atoms with van der Waals surface area (Å²) in [6.45, 7) is 0. The van der Waals surface area contributed by atoms with Gasteiger partial charge in [0.2, 0.25) is 0 Å². The van der Waals surface area contributed by atoms with E-state index in [1.165, 1.54) is 30.3 Å². The smallest absolute Gasteiger partial charge is 0.336 e. The third-order valence-electron chi connectivity index (χ3n) is 2.69. The minimum absolute atomic E-state index is 0.0101. The fourth-order valence-electron chi connectivity index (χ4n) is 1.61.